The van der Waals surface area contributed by atoms with Crippen LogP contribution in [0.3, 0.4) is 0 Å². The lowest BCUT2D eigenvalue weighted by Gasteiger charge is -2.24. The van der Waals surface area contributed by atoms with Crippen LogP contribution >= 0.6 is 0 Å². The quantitative estimate of drug-likeness (QED) is 0.359. The van der Waals surface area contributed by atoms with E-state index in [1.165, 1.54) is 4.90 Å². The van der Waals surface area contributed by atoms with Crippen molar-refractivity contribution < 1.29 is 33.3 Å². The standard InChI is InChI=1S/C25H21NO7/c1-14-7-9-19(33-14)22-21(23(27)15-8-10-18-20(11-15)32-13-31-18)24(28)25(29)26(22)12-16-5-3-4-6-17(16)30-2/h3-11,22,27H,12-13H2,1-2H3/b23-21+. The molecule has 2 aliphatic heterocycles. The molecule has 0 saturated carbocycles. The van der Waals surface area contributed by atoms with Crippen LogP contribution in [0.1, 0.15) is 28.7 Å². The lowest BCUT2D eigenvalue weighted by molar-refractivity contribution is -0.140. The van der Waals surface area contributed by atoms with Crippen molar-refractivity contribution in [1.29, 1.82) is 0 Å². The molecule has 1 amide bonds. The molecule has 3 heterocycles. The number of rotatable bonds is 5. The Balaban J connectivity index is 1.63. The highest BCUT2D eigenvalue weighted by molar-refractivity contribution is 6.46. The fraction of sp³-hybridized carbons (Fsp3) is 0.200. The van der Waals surface area contributed by atoms with Crippen molar-refractivity contribution in [1.82, 2.24) is 4.90 Å². The van der Waals surface area contributed by atoms with Crippen molar-refractivity contribution in [3.63, 3.8) is 0 Å². The van der Waals surface area contributed by atoms with Crippen LogP contribution in [-0.2, 0) is 16.1 Å². The number of carbonyl (C=O) groups is 2. The number of Topliss-reactive ketones (excluding diaryl/α,β-unsaturated/α-hetero) is 1. The number of para-hydroxylation sites is 1. The van der Waals surface area contributed by atoms with Crippen molar-refractivity contribution >= 4 is 17.4 Å². The Hall–Kier alpha value is -4.20. The monoisotopic (exact) mass is 447 g/mol. The number of methoxy groups -OCH3 is 1. The van der Waals surface area contributed by atoms with Gasteiger partial charge in [0.05, 0.1) is 19.2 Å². The number of furan rings is 1. The first kappa shape index (κ1) is 20.7. The summed E-state index contributed by atoms with van der Waals surface area (Å²) in [5.74, 6) is 0.744. The number of amides is 1. The van der Waals surface area contributed by atoms with Gasteiger partial charge in [0, 0.05) is 11.1 Å². The van der Waals surface area contributed by atoms with Crippen molar-refractivity contribution in [3.8, 4) is 17.2 Å². The fourth-order valence-electron chi connectivity index (χ4n) is 4.16. The summed E-state index contributed by atoms with van der Waals surface area (Å²) in [5, 5.41) is 11.2. The average molecular weight is 447 g/mol. The van der Waals surface area contributed by atoms with Gasteiger partial charge in [-0.15, -0.1) is 0 Å². The first-order valence-electron chi connectivity index (χ1n) is 10.3. The van der Waals surface area contributed by atoms with Crippen LogP contribution < -0.4 is 14.2 Å². The van der Waals surface area contributed by atoms with E-state index in [2.05, 4.69) is 0 Å². The van der Waals surface area contributed by atoms with Crippen molar-refractivity contribution in [2.45, 2.75) is 19.5 Å². The highest BCUT2D eigenvalue weighted by atomic mass is 16.7. The molecule has 1 aromatic heterocycles. The van der Waals surface area contributed by atoms with Crippen LogP contribution in [0, 0.1) is 6.92 Å². The third-order valence-corrected chi connectivity index (χ3v) is 5.75. The number of ketones is 1. The summed E-state index contributed by atoms with van der Waals surface area (Å²) in [6.45, 7) is 1.94. The Morgan fingerprint density at radius 2 is 1.88 bits per heavy atom. The zero-order valence-electron chi connectivity index (χ0n) is 18.0. The highest BCUT2D eigenvalue weighted by Crippen LogP contribution is 2.43. The number of fused-ring (bicyclic) bond motifs is 1. The number of aliphatic hydroxyl groups excluding tert-OH is 1. The van der Waals surface area contributed by atoms with Gasteiger partial charge in [-0.25, -0.2) is 0 Å². The Kier molecular flexibility index (Phi) is 5.05. The maximum Gasteiger partial charge on any atom is 0.296 e. The second-order valence-electron chi connectivity index (χ2n) is 7.76. The van der Waals surface area contributed by atoms with Crippen molar-refractivity contribution in [2.75, 3.05) is 13.9 Å². The van der Waals surface area contributed by atoms with E-state index in [1.54, 1.807) is 50.4 Å². The predicted molar refractivity (Wildman–Crippen MR) is 117 cm³/mol. The molecule has 0 radical (unpaired) electrons. The first-order valence-corrected chi connectivity index (χ1v) is 10.3. The van der Waals surface area contributed by atoms with Crippen LogP contribution in [0.4, 0.5) is 0 Å². The minimum Gasteiger partial charge on any atom is -0.507 e. The molecule has 0 aliphatic carbocycles. The summed E-state index contributed by atoms with van der Waals surface area (Å²) in [7, 11) is 1.54. The van der Waals surface area contributed by atoms with E-state index in [1.807, 2.05) is 18.2 Å². The summed E-state index contributed by atoms with van der Waals surface area (Å²) < 4.78 is 21.9. The number of hydrogen-bond acceptors (Lipinski definition) is 7. The van der Waals surface area contributed by atoms with Crippen molar-refractivity contribution in [3.05, 3.63) is 82.8 Å². The summed E-state index contributed by atoms with van der Waals surface area (Å²) in [4.78, 5) is 27.7. The molecule has 1 atom stereocenters. The molecular weight excluding hydrogens is 426 g/mol. The lowest BCUT2D eigenvalue weighted by Crippen LogP contribution is -2.29. The van der Waals surface area contributed by atoms with Crippen molar-refractivity contribution in [2.24, 2.45) is 0 Å². The summed E-state index contributed by atoms with van der Waals surface area (Å²) in [5.41, 5.74) is 1.00. The Bertz CT molecular complexity index is 1290. The molecule has 168 valence electrons. The minimum absolute atomic E-state index is 0.0527. The number of likely N-dealkylation sites (tertiary alicyclic amines) is 1. The Labute approximate surface area is 189 Å². The van der Waals surface area contributed by atoms with Gasteiger partial charge in [-0.2, -0.15) is 0 Å². The first-order chi connectivity index (χ1) is 16.0. The average Bonchev–Trinajstić information content (AvgIpc) is 3.53. The van der Waals surface area contributed by atoms with E-state index in [0.29, 0.717) is 34.3 Å². The highest BCUT2D eigenvalue weighted by Gasteiger charge is 2.47. The topological polar surface area (TPSA) is 98.4 Å². The smallest absolute Gasteiger partial charge is 0.296 e. The second kappa shape index (κ2) is 8.05. The molecule has 0 bridgehead atoms. The summed E-state index contributed by atoms with van der Waals surface area (Å²) in [6.07, 6.45) is 0. The van der Waals surface area contributed by atoms with Gasteiger partial charge in [-0.05, 0) is 43.3 Å². The fourth-order valence-corrected chi connectivity index (χ4v) is 4.16. The van der Waals surface area contributed by atoms with Gasteiger partial charge in [0.2, 0.25) is 6.79 Å². The third-order valence-electron chi connectivity index (χ3n) is 5.75. The van der Waals surface area contributed by atoms with Gasteiger partial charge in [-0.1, -0.05) is 18.2 Å². The number of benzene rings is 2. The van der Waals surface area contributed by atoms with Gasteiger partial charge in [0.25, 0.3) is 11.7 Å². The van der Waals surface area contributed by atoms with E-state index in [4.69, 9.17) is 18.6 Å². The zero-order chi connectivity index (χ0) is 23.1. The predicted octanol–water partition coefficient (Wildman–Crippen LogP) is 3.95. The summed E-state index contributed by atoms with van der Waals surface area (Å²) >= 11 is 0. The molecular formula is C25H21NO7. The van der Waals surface area contributed by atoms with Gasteiger partial charge >= 0.3 is 0 Å². The van der Waals surface area contributed by atoms with Gasteiger partial charge in [0.15, 0.2) is 11.5 Å². The molecule has 8 heteroatoms. The number of aryl methyl sites for hydroxylation is 1. The van der Waals surface area contributed by atoms with E-state index in [-0.39, 0.29) is 24.7 Å². The SMILES string of the molecule is COc1ccccc1CN1C(=O)C(=O)/C(=C(/O)c2ccc3c(c2)OCO3)C1c1ccc(C)o1. The maximum absolute atomic E-state index is 13.2. The molecule has 33 heavy (non-hydrogen) atoms. The van der Waals surface area contributed by atoms with E-state index in [0.717, 1.165) is 5.56 Å². The molecule has 1 N–H and O–H groups in total. The molecule has 2 aliphatic rings. The molecule has 1 fully saturated rings. The van der Waals surface area contributed by atoms with E-state index in [9.17, 15) is 14.7 Å². The third kappa shape index (κ3) is 3.49. The van der Waals surface area contributed by atoms with Crippen LogP contribution in [0.15, 0.2) is 64.6 Å². The second-order valence-corrected chi connectivity index (χ2v) is 7.76. The molecule has 5 rings (SSSR count). The zero-order valence-corrected chi connectivity index (χ0v) is 18.0. The van der Waals surface area contributed by atoms with E-state index < -0.39 is 17.7 Å². The molecule has 1 saturated heterocycles. The Morgan fingerprint density at radius 1 is 1.09 bits per heavy atom. The van der Waals surface area contributed by atoms with Gasteiger partial charge in [0.1, 0.15) is 29.1 Å². The Morgan fingerprint density at radius 3 is 2.64 bits per heavy atom. The number of hydrogen-bond donors (Lipinski definition) is 1. The van der Waals surface area contributed by atoms with Crippen LogP contribution in [0.2, 0.25) is 0 Å². The molecule has 3 aromatic rings. The number of ether oxygens (including phenoxy) is 3. The molecule has 1 unspecified atom stereocenters. The van der Waals surface area contributed by atoms with Crippen LogP contribution in [0.25, 0.3) is 5.76 Å². The molecule has 0 spiro atoms. The molecule has 8 nitrogen and oxygen atoms in total. The maximum atomic E-state index is 13.2. The van der Waals surface area contributed by atoms with E-state index >= 15 is 0 Å². The van der Waals surface area contributed by atoms with Crippen LogP contribution in [0.5, 0.6) is 17.2 Å². The number of carbonyl (C=O) groups excluding carboxylic acids is 2. The van der Waals surface area contributed by atoms with Gasteiger partial charge in [-0.3, -0.25) is 9.59 Å². The number of nitrogens with zero attached hydrogens (tertiary/aromatic N) is 1. The molecule has 2 aromatic carbocycles. The largest absolute Gasteiger partial charge is 0.507 e. The number of aliphatic hydroxyl groups is 1. The van der Waals surface area contributed by atoms with Gasteiger partial charge < -0.3 is 28.6 Å². The van der Waals surface area contributed by atoms with Crippen LogP contribution in [-0.4, -0.2) is 35.6 Å². The lowest BCUT2D eigenvalue weighted by atomic mass is 9.99. The normalized spacial score (nSPS) is 18.7. The summed E-state index contributed by atoms with van der Waals surface area (Å²) in [6, 6.07) is 14.6. The minimum atomic E-state index is -0.908.